The quantitative estimate of drug-likeness (QED) is 0.502. The van der Waals surface area contributed by atoms with Crippen molar-refractivity contribution in [3.63, 3.8) is 0 Å². The second kappa shape index (κ2) is 6.89. The lowest BCUT2D eigenvalue weighted by molar-refractivity contribution is 0.306. The van der Waals surface area contributed by atoms with Crippen LogP contribution in [0.15, 0.2) is 88.3 Å². The monoisotopic (exact) mass is 342 g/mol. The molecule has 4 aromatic rings. The molecule has 3 nitrogen and oxygen atoms in total. The van der Waals surface area contributed by atoms with Crippen LogP contribution < -0.4 is 10.2 Å². The van der Waals surface area contributed by atoms with Crippen molar-refractivity contribution in [3.8, 4) is 16.9 Å². The van der Waals surface area contributed by atoms with E-state index < -0.39 is 0 Å². The summed E-state index contributed by atoms with van der Waals surface area (Å²) in [6, 6.07) is 23.1. The Labute approximate surface area is 151 Å². The molecule has 0 unspecified atom stereocenters. The van der Waals surface area contributed by atoms with E-state index >= 15 is 0 Å². The van der Waals surface area contributed by atoms with E-state index in [9.17, 15) is 4.79 Å². The Hall–Kier alpha value is -3.33. The second-order valence-corrected chi connectivity index (χ2v) is 6.28. The molecule has 0 aliphatic carbocycles. The summed E-state index contributed by atoms with van der Waals surface area (Å²) in [4.78, 5) is 12.8. The molecule has 3 heteroatoms. The maximum Gasteiger partial charge on any atom is 0.200 e. The predicted molar refractivity (Wildman–Crippen MR) is 103 cm³/mol. The summed E-state index contributed by atoms with van der Waals surface area (Å²) in [5.41, 5.74) is 4.20. The zero-order chi connectivity index (χ0) is 17.9. The van der Waals surface area contributed by atoms with Crippen LogP contribution in [0.2, 0.25) is 0 Å². The van der Waals surface area contributed by atoms with Crippen LogP contribution in [-0.2, 0) is 6.61 Å². The zero-order valence-corrected chi connectivity index (χ0v) is 14.4. The average molecular weight is 342 g/mol. The van der Waals surface area contributed by atoms with E-state index in [4.69, 9.17) is 9.15 Å². The van der Waals surface area contributed by atoms with Crippen molar-refractivity contribution in [2.75, 3.05) is 0 Å². The zero-order valence-electron chi connectivity index (χ0n) is 14.4. The number of fused-ring (bicyclic) bond motifs is 1. The molecule has 128 valence electrons. The van der Waals surface area contributed by atoms with Gasteiger partial charge in [-0.05, 0) is 30.2 Å². The van der Waals surface area contributed by atoms with Gasteiger partial charge < -0.3 is 9.15 Å². The fourth-order valence-electron chi connectivity index (χ4n) is 2.98. The van der Waals surface area contributed by atoms with Gasteiger partial charge in [-0.2, -0.15) is 0 Å². The third kappa shape index (κ3) is 3.24. The summed E-state index contributed by atoms with van der Waals surface area (Å²) < 4.78 is 11.6. The third-order valence-electron chi connectivity index (χ3n) is 4.32. The lowest BCUT2D eigenvalue weighted by Gasteiger charge is -2.08. The van der Waals surface area contributed by atoms with Crippen molar-refractivity contribution < 1.29 is 9.15 Å². The normalized spacial score (nSPS) is 10.8. The van der Waals surface area contributed by atoms with E-state index in [1.54, 1.807) is 12.1 Å². The molecule has 0 amide bonds. The van der Waals surface area contributed by atoms with E-state index in [-0.39, 0.29) is 5.43 Å². The van der Waals surface area contributed by atoms with Crippen molar-refractivity contribution in [1.29, 1.82) is 0 Å². The molecule has 1 aromatic heterocycles. The maximum absolute atomic E-state index is 12.8. The summed E-state index contributed by atoms with van der Waals surface area (Å²) in [7, 11) is 0. The first-order valence-corrected chi connectivity index (χ1v) is 8.50. The minimum absolute atomic E-state index is 0.0392. The van der Waals surface area contributed by atoms with E-state index in [1.807, 2.05) is 48.5 Å². The Kier molecular flexibility index (Phi) is 4.28. The molecular weight excluding hydrogens is 324 g/mol. The molecule has 3 aromatic carbocycles. The average Bonchev–Trinajstić information content (AvgIpc) is 2.67. The van der Waals surface area contributed by atoms with Gasteiger partial charge in [-0.15, -0.1) is 0 Å². The van der Waals surface area contributed by atoms with E-state index in [0.717, 1.165) is 11.1 Å². The number of ether oxygens (including phenoxy) is 1. The van der Waals surface area contributed by atoms with Crippen molar-refractivity contribution in [2.24, 2.45) is 0 Å². The van der Waals surface area contributed by atoms with Crippen molar-refractivity contribution >= 4 is 11.0 Å². The fraction of sp³-hybridized carbons (Fsp3) is 0.0870. The largest absolute Gasteiger partial charge is 0.489 e. The highest BCUT2D eigenvalue weighted by Crippen LogP contribution is 2.23. The number of benzene rings is 3. The standard InChI is InChI=1S/C23H18O3/c1-16-6-5-7-17(12-16)14-25-19-10-11-20-22(13-19)26-15-21(23(20)24)18-8-3-2-4-9-18/h2-13,15H,14H2,1H3. The van der Waals surface area contributed by atoms with Crippen molar-refractivity contribution in [1.82, 2.24) is 0 Å². The third-order valence-corrected chi connectivity index (χ3v) is 4.32. The lowest BCUT2D eigenvalue weighted by Crippen LogP contribution is -2.05. The first kappa shape index (κ1) is 16.2. The van der Waals surface area contributed by atoms with Crippen LogP contribution >= 0.6 is 0 Å². The van der Waals surface area contributed by atoms with Gasteiger partial charge in [0.15, 0.2) is 5.43 Å². The highest BCUT2D eigenvalue weighted by Gasteiger charge is 2.10. The van der Waals surface area contributed by atoms with Crippen LogP contribution in [0.1, 0.15) is 11.1 Å². The molecule has 0 fully saturated rings. The van der Waals surface area contributed by atoms with E-state index in [0.29, 0.717) is 28.9 Å². The second-order valence-electron chi connectivity index (χ2n) is 6.28. The number of hydrogen-bond donors (Lipinski definition) is 0. The Morgan fingerprint density at radius 1 is 0.923 bits per heavy atom. The van der Waals surface area contributed by atoms with Crippen LogP contribution in [0.4, 0.5) is 0 Å². The Morgan fingerprint density at radius 3 is 2.58 bits per heavy atom. The molecule has 0 saturated carbocycles. The molecule has 0 radical (unpaired) electrons. The van der Waals surface area contributed by atoms with E-state index in [2.05, 4.69) is 19.1 Å². The van der Waals surface area contributed by atoms with Gasteiger partial charge in [0, 0.05) is 6.07 Å². The first-order chi connectivity index (χ1) is 12.7. The molecule has 4 rings (SSSR count). The molecular formula is C23H18O3. The minimum atomic E-state index is -0.0392. The van der Waals surface area contributed by atoms with Gasteiger partial charge in [-0.1, -0.05) is 60.2 Å². The SMILES string of the molecule is Cc1cccc(COc2ccc3c(=O)c(-c4ccccc4)coc3c2)c1. The molecule has 0 aliphatic rings. The molecule has 0 saturated heterocycles. The van der Waals surface area contributed by atoms with Gasteiger partial charge in [0.1, 0.15) is 24.2 Å². The predicted octanol–water partition coefficient (Wildman–Crippen LogP) is 5.35. The van der Waals surface area contributed by atoms with Crippen LogP contribution in [0.5, 0.6) is 5.75 Å². The van der Waals surface area contributed by atoms with Crippen LogP contribution in [0.3, 0.4) is 0 Å². The summed E-state index contributed by atoms with van der Waals surface area (Å²) >= 11 is 0. The molecule has 0 bridgehead atoms. The lowest BCUT2D eigenvalue weighted by atomic mass is 10.1. The maximum atomic E-state index is 12.8. The Balaban J connectivity index is 1.63. The van der Waals surface area contributed by atoms with Crippen molar-refractivity contribution in [3.05, 3.63) is 100 Å². The summed E-state index contributed by atoms with van der Waals surface area (Å²) in [6.45, 7) is 2.53. The molecule has 0 atom stereocenters. The van der Waals surface area contributed by atoms with Gasteiger partial charge in [-0.25, -0.2) is 0 Å². The van der Waals surface area contributed by atoms with Gasteiger partial charge in [0.05, 0.1) is 10.9 Å². The van der Waals surface area contributed by atoms with Gasteiger partial charge in [-0.3, -0.25) is 4.79 Å². The highest BCUT2D eigenvalue weighted by atomic mass is 16.5. The molecule has 26 heavy (non-hydrogen) atoms. The minimum Gasteiger partial charge on any atom is -0.489 e. The summed E-state index contributed by atoms with van der Waals surface area (Å²) in [6.07, 6.45) is 1.52. The topological polar surface area (TPSA) is 39.4 Å². The van der Waals surface area contributed by atoms with Crippen molar-refractivity contribution in [2.45, 2.75) is 13.5 Å². The Morgan fingerprint density at radius 2 is 1.77 bits per heavy atom. The molecule has 0 N–H and O–H groups in total. The molecule has 0 spiro atoms. The number of rotatable bonds is 4. The summed E-state index contributed by atoms with van der Waals surface area (Å²) in [5, 5.41) is 0.550. The fourth-order valence-corrected chi connectivity index (χ4v) is 2.98. The molecule has 0 aliphatic heterocycles. The van der Waals surface area contributed by atoms with Gasteiger partial charge in [0.25, 0.3) is 0 Å². The smallest absolute Gasteiger partial charge is 0.200 e. The number of aryl methyl sites for hydroxylation is 1. The van der Waals surface area contributed by atoms with E-state index in [1.165, 1.54) is 11.8 Å². The Bertz CT molecular complexity index is 1110. The van der Waals surface area contributed by atoms with Crippen LogP contribution in [-0.4, -0.2) is 0 Å². The van der Waals surface area contributed by atoms with Gasteiger partial charge >= 0.3 is 0 Å². The first-order valence-electron chi connectivity index (χ1n) is 8.50. The van der Waals surface area contributed by atoms with Crippen LogP contribution in [0.25, 0.3) is 22.1 Å². The van der Waals surface area contributed by atoms with Gasteiger partial charge in [0.2, 0.25) is 0 Å². The highest BCUT2D eigenvalue weighted by molar-refractivity contribution is 5.82. The summed E-state index contributed by atoms with van der Waals surface area (Å²) in [5.74, 6) is 0.676. The molecule has 1 heterocycles. The van der Waals surface area contributed by atoms with Crippen LogP contribution in [0, 0.1) is 6.92 Å². The number of hydrogen-bond acceptors (Lipinski definition) is 3.